The summed E-state index contributed by atoms with van der Waals surface area (Å²) in [6.07, 6.45) is -0.723. The van der Waals surface area contributed by atoms with Crippen molar-refractivity contribution in [2.24, 2.45) is 0 Å². The van der Waals surface area contributed by atoms with Crippen LogP contribution in [0.1, 0.15) is 5.56 Å². The maximum Gasteiger partial charge on any atom is 0.0992 e. The van der Waals surface area contributed by atoms with Crippen molar-refractivity contribution in [3.8, 4) is 6.07 Å². The Morgan fingerprint density at radius 3 is 2.80 bits per heavy atom. The number of nitriles is 1. The minimum absolute atomic E-state index is 0.244. The molecule has 1 aromatic rings. The van der Waals surface area contributed by atoms with Crippen molar-refractivity contribution in [1.82, 2.24) is 0 Å². The van der Waals surface area contributed by atoms with Gasteiger partial charge in [-0.2, -0.15) is 5.26 Å². The zero-order valence-corrected chi connectivity index (χ0v) is 10.3. The van der Waals surface area contributed by atoms with Crippen LogP contribution in [0.2, 0.25) is 0 Å². The van der Waals surface area contributed by atoms with Gasteiger partial charge in [-0.05, 0) is 18.2 Å². The largest absolute Gasteiger partial charge is 0.394 e. The second-order valence-electron chi connectivity index (χ2n) is 2.93. The lowest BCUT2D eigenvalue weighted by atomic mass is 10.2. The van der Waals surface area contributed by atoms with E-state index >= 15 is 0 Å². The molecular formula is C10H10BrNO2S. The Morgan fingerprint density at radius 2 is 2.20 bits per heavy atom. The van der Waals surface area contributed by atoms with Gasteiger partial charge in [0.1, 0.15) is 0 Å². The van der Waals surface area contributed by atoms with E-state index in [1.165, 1.54) is 11.8 Å². The molecule has 1 aromatic carbocycles. The van der Waals surface area contributed by atoms with Crippen molar-refractivity contribution in [1.29, 1.82) is 5.26 Å². The standard InChI is InChI=1S/C10H10BrNO2S/c11-8-1-7(4-12)2-10(3-8)15-6-9(14)5-13/h1-3,9,13-14H,5-6H2. The Labute approximate surface area is 101 Å². The van der Waals surface area contributed by atoms with E-state index in [-0.39, 0.29) is 6.61 Å². The summed E-state index contributed by atoms with van der Waals surface area (Å²) in [4.78, 5) is 0.897. The summed E-state index contributed by atoms with van der Waals surface area (Å²) in [5, 5.41) is 26.6. The van der Waals surface area contributed by atoms with Gasteiger partial charge in [0.15, 0.2) is 0 Å². The maximum atomic E-state index is 9.17. The first-order valence-corrected chi connectivity index (χ1v) is 6.06. The van der Waals surface area contributed by atoms with Crippen LogP contribution in [0.3, 0.4) is 0 Å². The van der Waals surface area contributed by atoms with Gasteiger partial charge in [0, 0.05) is 15.1 Å². The Morgan fingerprint density at radius 1 is 1.47 bits per heavy atom. The molecule has 1 rings (SSSR count). The maximum absolute atomic E-state index is 9.17. The zero-order chi connectivity index (χ0) is 11.3. The number of hydrogen-bond acceptors (Lipinski definition) is 4. The average molecular weight is 288 g/mol. The van der Waals surface area contributed by atoms with Crippen molar-refractivity contribution in [3.63, 3.8) is 0 Å². The normalized spacial score (nSPS) is 12.1. The summed E-state index contributed by atoms with van der Waals surface area (Å²) in [5.41, 5.74) is 0.574. The number of hydrogen-bond donors (Lipinski definition) is 2. The topological polar surface area (TPSA) is 64.2 Å². The van der Waals surface area contributed by atoms with Gasteiger partial charge in [-0.3, -0.25) is 0 Å². The number of rotatable bonds is 4. The number of halogens is 1. The molecule has 0 bridgehead atoms. The van der Waals surface area contributed by atoms with Crippen molar-refractivity contribution < 1.29 is 10.2 Å². The summed E-state index contributed by atoms with van der Waals surface area (Å²) in [6.45, 7) is -0.244. The molecule has 1 atom stereocenters. The quantitative estimate of drug-likeness (QED) is 0.829. The van der Waals surface area contributed by atoms with Crippen LogP contribution in [-0.4, -0.2) is 28.7 Å². The minimum Gasteiger partial charge on any atom is -0.394 e. The van der Waals surface area contributed by atoms with Crippen molar-refractivity contribution >= 4 is 27.7 Å². The zero-order valence-electron chi connectivity index (χ0n) is 7.85. The van der Waals surface area contributed by atoms with Crippen molar-refractivity contribution in [2.45, 2.75) is 11.0 Å². The third kappa shape index (κ3) is 4.22. The molecule has 15 heavy (non-hydrogen) atoms. The van der Waals surface area contributed by atoms with E-state index in [0.29, 0.717) is 11.3 Å². The first kappa shape index (κ1) is 12.5. The average Bonchev–Trinajstić information content (AvgIpc) is 2.25. The van der Waals surface area contributed by atoms with Crippen molar-refractivity contribution in [2.75, 3.05) is 12.4 Å². The molecule has 2 N–H and O–H groups in total. The fraction of sp³-hybridized carbons (Fsp3) is 0.300. The molecule has 0 aliphatic carbocycles. The molecule has 0 radical (unpaired) electrons. The lowest BCUT2D eigenvalue weighted by molar-refractivity contribution is 0.113. The Hall–Kier alpha value is -0.540. The van der Waals surface area contributed by atoms with Crippen LogP contribution in [0.4, 0.5) is 0 Å². The van der Waals surface area contributed by atoms with Gasteiger partial charge in [0.05, 0.1) is 24.3 Å². The molecular weight excluding hydrogens is 278 g/mol. The molecule has 5 heteroatoms. The summed E-state index contributed by atoms with van der Waals surface area (Å²) in [7, 11) is 0. The van der Waals surface area contributed by atoms with Gasteiger partial charge in [0.2, 0.25) is 0 Å². The third-order valence-electron chi connectivity index (χ3n) is 1.65. The molecule has 0 fully saturated rings. The fourth-order valence-corrected chi connectivity index (χ4v) is 2.51. The molecule has 1 unspecified atom stereocenters. The molecule has 0 spiro atoms. The first-order chi connectivity index (χ1) is 7.15. The molecule has 0 aromatic heterocycles. The van der Waals surface area contributed by atoms with Crippen LogP contribution >= 0.6 is 27.7 Å². The molecule has 0 aliphatic rings. The van der Waals surface area contributed by atoms with Gasteiger partial charge in [0.25, 0.3) is 0 Å². The highest BCUT2D eigenvalue weighted by atomic mass is 79.9. The molecule has 80 valence electrons. The number of thioether (sulfide) groups is 1. The number of aliphatic hydroxyl groups is 2. The lowest BCUT2D eigenvalue weighted by Gasteiger charge is -2.06. The highest BCUT2D eigenvalue weighted by molar-refractivity contribution is 9.10. The van der Waals surface area contributed by atoms with Gasteiger partial charge >= 0.3 is 0 Å². The Balaban J connectivity index is 2.69. The van der Waals surface area contributed by atoms with Crippen LogP contribution in [0.25, 0.3) is 0 Å². The predicted molar refractivity (Wildman–Crippen MR) is 62.7 cm³/mol. The monoisotopic (exact) mass is 287 g/mol. The summed E-state index contributed by atoms with van der Waals surface area (Å²) in [6, 6.07) is 7.40. The van der Waals surface area contributed by atoms with Crippen LogP contribution in [0.15, 0.2) is 27.6 Å². The first-order valence-electron chi connectivity index (χ1n) is 4.28. The van der Waals surface area contributed by atoms with E-state index < -0.39 is 6.10 Å². The fourth-order valence-electron chi connectivity index (χ4n) is 0.956. The van der Waals surface area contributed by atoms with Crippen LogP contribution in [0.5, 0.6) is 0 Å². The second kappa shape index (κ2) is 6.13. The van der Waals surface area contributed by atoms with E-state index in [4.69, 9.17) is 15.5 Å². The number of nitrogens with zero attached hydrogens (tertiary/aromatic N) is 1. The molecule has 0 aliphatic heterocycles. The van der Waals surface area contributed by atoms with Gasteiger partial charge in [-0.1, -0.05) is 15.9 Å². The Bertz CT molecular complexity index is 378. The van der Waals surface area contributed by atoms with Crippen molar-refractivity contribution in [3.05, 3.63) is 28.2 Å². The van der Waals surface area contributed by atoms with E-state index in [0.717, 1.165) is 9.37 Å². The smallest absolute Gasteiger partial charge is 0.0992 e. The van der Waals surface area contributed by atoms with Crippen LogP contribution < -0.4 is 0 Å². The summed E-state index contributed by atoms with van der Waals surface area (Å²) >= 11 is 4.71. The highest BCUT2D eigenvalue weighted by Gasteiger charge is 2.04. The predicted octanol–water partition coefficient (Wildman–Crippen LogP) is 1.77. The summed E-state index contributed by atoms with van der Waals surface area (Å²) < 4.78 is 0.836. The molecule has 3 nitrogen and oxygen atoms in total. The van der Waals surface area contributed by atoms with E-state index in [1.54, 1.807) is 12.1 Å². The number of aliphatic hydroxyl groups excluding tert-OH is 2. The van der Waals surface area contributed by atoms with E-state index in [9.17, 15) is 0 Å². The minimum atomic E-state index is -0.723. The SMILES string of the molecule is N#Cc1cc(Br)cc(SCC(O)CO)c1. The molecule has 0 saturated carbocycles. The molecule has 0 amide bonds. The van der Waals surface area contributed by atoms with Gasteiger partial charge in [-0.25, -0.2) is 0 Å². The van der Waals surface area contributed by atoms with Gasteiger partial charge in [-0.15, -0.1) is 11.8 Å². The molecule has 0 saturated heterocycles. The summed E-state index contributed by atoms with van der Waals surface area (Å²) in [5.74, 6) is 0.415. The Kier molecular flexibility index (Phi) is 5.12. The number of benzene rings is 1. The van der Waals surface area contributed by atoms with E-state index in [1.807, 2.05) is 6.07 Å². The van der Waals surface area contributed by atoms with Crippen LogP contribution in [-0.2, 0) is 0 Å². The third-order valence-corrected chi connectivity index (χ3v) is 3.23. The second-order valence-corrected chi connectivity index (χ2v) is 4.94. The van der Waals surface area contributed by atoms with Crippen LogP contribution in [0, 0.1) is 11.3 Å². The van der Waals surface area contributed by atoms with E-state index in [2.05, 4.69) is 22.0 Å². The molecule has 0 heterocycles. The van der Waals surface area contributed by atoms with Gasteiger partial charge < -0.3 is 10.2 Å². The lowest BCUT2D eigenvalue weighted by Crippen LogP contribution is -2.14. The highest BCUT2D eigenvalue weighted by Crippen LogP contribution is 2.24.